The largest absolute Gasteiger partial charge is 0.361 e. The predicted octanol–water partition coefficient (Wildman–Crippen LogP) is 3.73. The molecule has 0 unspecified atom stereocenters. The van der Waals surface area contributed by atoms with Crippen molar-refractivity contribution in [3.63, 3.8) is 0 Å². The summed E-state index contributed by atoms with van der Waals surface area (Å²) in [5.74, 6) is 0. The molecule has 2 N–H and O–H groups in total. The second-order valence-corrected chi connectivity index (χ2v) is 4.62. The van der Waals surface area contributed by atoms with Crippen LogP contribution < -0.4 is 5.32 Å². The fraction of sp³-hybridized carbons (Fsp3) is 0. The summed E-state index contributed by atoms with van der Waals surface area (Å²) in [4.78, 5) is 23.6. The summed E-state index contributed by atoms with van der Waals surface area (Å²) < 4.78 is 0. The average Bonchev–Trinajstić information content (AvgIpc) is 2.94. The molecule has 0 bridgehead atoms. The summed E-state index contributed by atoms with van der Waals surface area (Å²) in [5, 5.41) is 25.7. The lowest BCUT2D eigenvalue weighted by Crippen LogP contribution is -1.98. The first-order chi connectivity index (χ1) is 10.5. The lowest BCUT2D eigenvalue weighted by molar-refractivity contribution is -0.393. The van der Waals surface area contributed by atoms with Crippen LogP contribution in [-0.2, 0) is 0 Å². The van der Waals surface area contributed by atoms with E-state index < -0.39 is 9.85 Å². The Labute approximate surface area is 123 Å². The number of rotatable bonds is 4. The van der Waals surface area contributed by atoms with Gasteiger partial charge < -0.3 is 10.3 Å². The Balaban J connectivity index is 2.00. The standard InChI is InChI=1S/C14H10N4O4/c19-17(20)11-2-4-13(14(8-11)18(21)22)16-10-1-3-12-9(7-10)5-6-15-12/h1-8,15-16H. The van der Waals surface area contributed by atoms with Crippen molar-refractivity contribution >= 4 is 33.7 Å². The van der Waals surface area contributed by atoms with E-state index in [1.807, 2.05) is 18.2 Å². The number of non-ortho nitro benzene ring substituents is 1. The van der Waals surface area contributed by atoms with Gasteiger partial charge in [0, 0.05) is 28.9 Å². The summed E-state index contributed by atoms with van der Waals surface area (Å²) in [5.41, 5.74) is 1.14. The fourth-order valence-corrected chi connectivity index (χ4v) is 2.18. The van der Waals surface area contributed by atoms with Crippen molar-refractivity contribution in [2.24, 2.45) is 0 Å². The third-order valence-corrected chi connectivity index (χ3v) is 3.22. The van der Waals surface area contributed by atoms with Crippen LogP contribution in [0.1, 0.15) is 0 Å². The molecule has 1 heterocycles. The van der Waals surface area contributed by atoms with Gasteiger partial charge in [-0.15, -0.1) is 0 Å². The minimum atomic E-state index is -0.664. The number of benzene rings is 2. The van der Waals surface area contributed by atoms with Gasteiger partial charge in [-0.3, -0.25) is 20.2 Å². The molecule has 110 valence electrons. The van der Waals surface area contributed by atoms with Gasteiger partial charge in [0.15, 0.2) is 0 Å². The Morgan fingerprint density at radius 1 is 0.955 bits per heavy atom. The van der Waals surface area contributed by atoms with Gasteiger partial charge in [-0.25, -0.2) is 0 Å². The van der Waals surface area contributed by atoms with E-state index in [0.717, 1.165) is 17.0 Å². The molecule has 2 aromatic carbocycles. The monoisotopic (exact) mass is 298 g/mol. The topological polar surface area (TPSA) is 114 Å². The van der Waals surface area contributed by atoms with Crippen molar-refractivity contribution in [1.29, 1.82) is 0 Å². The van der Waals surface area contributed by atoms with E-state index >= 15 is 0 Å². The molecule has 0 aliphatic rings. The van der Waals surface area contributed by atoms with Gasteiger partial charge in [-0.2, -0.15) is 0 Å². The molecule has 0 saturated carbocycles. The molecular weight excluding hydrogens is 288 g/mol. The van der Waals surface area contributed by atoms with E-state index in [-0.39, 0.29) is 17.1 Å². The summed E-state index contributed by atoms with van der Waals surface area (Å²) in [7, 11) is 0. The summed E-state index contributed by atoms with van der Waals surface area (Å²) in [6.45, 7) is 0. The Morgan fingerprint density at radius 2 is 1.77 bits per heavy atom. The predicted molar refractivity (Wildman–Crippen MR) is 81.3 cm³/mol. The molecule has 0 radical (unpaired) electrons. The molecule has 3 rings (SSSR count). The Hall–Kier alpha value is -3.42. The number of anilines is 2. The number of fused-ring (bicyclic) bond motifs is 1. The zero-order valence-corrected chi connectivity index (χ0v) is 11.1. The zero-order valence-electron chi connectivity index (χ0n) is 11.1. The van der Waals surface area contributed by atoms with Gasteiger partial charge in [-0.1, -0.05) is 0 Å². The maximum absolute atomic E-state index is 11.1. The van der Waals surface area contributed by atoms with Crippen molar-refractivity contribution in [1.82, 2.24) is 4.98 Å². The SMILES string of the molecule is O=[N+]([O-])c1ccc(Nc2ccc3[nH]ccc3c2)c([N+](=O)[O-])c1. The molecule has 8 heteroatoms. The number of H-pyrrole nitrogens is 1. The maximum atomic E-state index is 11.1. The van der Waals surface area contributed by atoms with E-state index in [2.05, 4.69) is 10.3 Å². The first-order valence-corrected chi connectivity index (χ1v) is 6.31. The van der Waals surface area contributed by atoms with Crippen LogP contribution in [0.15, 0.2) is 48.7 Å². The molecule has 0 spiro atoms. The number of hydrogen-bond donors (Lipinski definition) is 2. The van der Waals surface area contributed by atoms with Crippen LogP contribution in [0, 0.1) is 20.2 Å². The number of aromatic nitrogens is 1. The summed E-state index contributed by atoms with van der Waals surface area (Å²) >= 11 is 0. The molecule has 0 aliphatic carbocycles. The number of nitrogens with zero attached hydrogens (tertiary/aromatic N) is 2. The molecule has 8 nitrogen and oxygen atoms in total. The second kappa shape index (κ2) is 5.17. The van der Waals surface area contributed by atoms with Gasteiger partial charge in [0.2, 0.25) is 0 Å². The molecule has 22 heavy (non-hydrogen) atoms. The molecule has 0 atom stereocenters. The van der Waals surface area contributed by atoms with E-state index in [0.29, 0.717) is 5.69 Å². The highest BCUT2D eigenvalue weighted by molar-refractivity contribution is 5.84. The Morgan fingerprint density at radius 3 is 2.50 bits per heavy atom. The molecule has 0 fully saturated rings. The first kappa shape index (κ1) is 13.6. The summed E-state index contributed by atoms with van der Waals surface area (Å²) in [6.07, 6.45) is 1.79. The van der Waals surface area contributed by atoms with Crippen molar-refractivity contribution in [3.05, 3.63) is 68.9 Å². The van der Waals surface area contributed by atoms with Crippen molar-refractivity contribution < 1.29 is 9.85 Å². The fourth-order valence-electron chi connectivity index (χ4n) is 2.18. The van der Waals surface area contributed by atoms with Gasteiger partial charge in [-0.05, 0) is 30.3 Å². The van der Waals surface area contributed by atoms with Crippen LogP contribution in [0.5, 0.6) is 0 Å². The van der Waals surface area contributed by atoms with E-state index in [9.17, 15) is 20.2 Å². The van der Waals surface area contributed by atoms with Gasteiger partial charge in [0.1, 0.15) is 5.69 Å². The molecule has 0 amide bonds. The van der Waals surface area contributed by atoms with Crippen molar-refractivity contribution in [2.75, 3.05) is 5.32 Å². The van der Waals surface area contributed by atoms with Crippen LogP contribution in [0.4, 0.5) is 22.7 Å². The van der Waals surface area contributed by atoms with Crippen LogP contribution >= 0.6 is 0 Å². The van der Waals surface area contributed by atoms with Crippen LogP contribution in [0.2, 0.25) is 0 Å². The zero-order chi connectivity index (χ0) is 15.7. The quantitative estimate of drug-likeness (QED) is 0.562. The normalized spacial score (nSPS) is 10.5. The average molecular weight is 298 g/mol. The molecule has 3 aromatic rings. The van der Waals surface area contributed by atoms with E-state index in [4.69, 9.17) is 0 Å². The second-order valence-electron chi connectivity index (χ2n) is 4.62. The van der Waals surface area contributed by atoms with Crippen LogP contribution in [-0.4, -0.2) is 14.8 Å². The van der Waals surface area contributed by atoms with Crippen LogP contribution in [0.3, 0.4) is 0 Å². The number of hydrogen-bond acceptors (Lipinski definition) is 5. The van der Waals surface area contributed by atoms with Crippen molar-refractivity contribution in [3.8, 4) is 0 Å². The molecule has 0 aliphatic heterocycles. The number of nitro groups is 2. The maximum Gasteiger partial charge on any atom is 0.299 e. The number of aromatic amines is 1. The lowest BCUT2D eigenvalue weighted by Gasteiger charge is -2.07. The first-order valence-electron chi connectivity index (χ1n) is 6.31. The highest BCUT2D eigenvalue weighted by Gasteiger charge is 2.19. The van der Waals surface area contributed by atoms with Gasteiger partial charge >= 0.3 is 0 Å². The molecular formula is C14H10N4O4. The van der Waals surface area contributed by atoms with E-state index in [1.165, 1.54) is 12.1 Å². The molecule has 0 saturated heterocycles. The smallest absolute Gasteiger partial charge is 0.299 e. The third kappa shape index (κ3) is 2.44. The minimum absolute atomic E-state index is 0.200. The minimum Gasteiger partial charge on any atom is -0.361 e. The Bertz CT molecular complexity index is 887. The highest BCUT2D eigenvalue weighted by atomic mass is 16.6. The lowest BCUT2D eigenvalue weighted by atomic mass is 10.2. The van der Waals surface area contributed by atoms with Gasteiger partial charge in [0.05, 0.1) is 15.9 Å². The Kier molecular flexibility index (Phi) is 3.18. The summed E-state index contributed by atoms with van der Waals surface area (Å²) in [6, 6.07) is 10.8. The number of nitro benzene ring substituents is 2. The highest BCUT2D eigenvalue weighted by Crippen LogP contribution is 2.32. The third-order valence-electron chi connectivity index (χ3n) is 3.22. The van der Waals surface area contributed by atoms with Crippen LogP contribution in [0.25, 0.3) is 10.9 Å². The van der Waals surface area contributed by atoms with E-state index in [1.54, 1.807) is 12.3 Å². The van der Waals surface area contributed by atoms with Gasteiger partial charge in [0.25, 0.3) is 11.4 Å². The molecule has 1 aromatic heterocycles. The number of nitrogens with one attached hydrogen (secondary N) is 2. The van der Waals surface area contributed by atoms with Crippen molar-refractivity contribution in [2.45, 2.75) is 0 Å².